The first kappa shape index (κ1) is 13.7. The second-order valence-electron chi connectivity index (χ2n) is 4.76. The van der Waals surface area contributed by atoms with Gasteiger partial charge in [0.15, 0.2) is 0 Å². The van der Waals surface area contributed by atoms with Gasteiger partial charge >= 0.3 is 0 Å². The third-order valence-electron chi connectivity index (χ3n) is 3.23. The zero-order chi connectivity index (χ0) is 14.0. The molecule has 0 bridgehead atoms. The van der Waals surface area contributed by atoms with Crippen LogP contribution in [-0.4, -0.2) is 28.5 Å². The van der Waals surface area contributed by atoms with Gasteiger partial charge in [-0.25, -0.2) is 0 Å². The number of amides is 2. The van der Waals surface area contributed by atoms with E-state index >= 15 is 0 Å². The Morgan fingerprint density at radius 2 is 1.74 bits per heavy atom. The molecule has 19 heavy (non-hydrogen) atoms. The molecule has 0 N–H and O–H groups in total. The number of imide groups is 1. The van der Waals surface area contributed by atoms with Crippen molar-refractivity contribution in [1.29, 1.82) is 0 Å². The summed E-state index contributed by atoms with van der Waals surface area (Å²) in [6, 6.07) is 6.78. The van der Waals surface area contributed by atoms with Crippen LogP contribution in [0.15, 0.2) is 24.3 Å². The van der Waals surface area contributed by atoms with Crippen LogP contribution < -0.4 is 0 Å². The Kier molecular flexibility index (Phi) is 4.00. The molecule has 0 fully saturated rings. The van der Waals surface area contributed by atoms with E-state index in [1.54, 1.807) is 24.3 Å². The van der Waals surface area contributed by atoms with E-state index in [1.807, 2.05) is 6.92 Å². The second-order valence-corrected chi connectivity index (χ2v) is 5.18. The minimum absolute atomic E-state index is 0.0503. The van der Waals surface area contributed by atoms with Crippen molar-refractivity contribution >= 4 is 28.7 Å². The van der Waals surface area contributed by atoms with Crippen LogP contribution in [0, 0.1) is 5.92 Å². The number of hydrogen-bond acceptors (Lipinski definition) is 3. The molecule has 0 saturated carbocycles. The third kappa shape index (κ3) is 2.84. The van der Waals surface area contributed by atoms with Gasteiger partial charge < -0.3 is 0 Å². The molecule has 0 radical (unpaired) electrons. The maximum absolute atomic E-state index is 12.1. The van der Waals surface area contributed by atoms with E-state index in [4.69, 9.17) is 11.6 Å². The molecular weight excluding hydrogens is 266 g/mol. The van der Waals surface area contributed by atoms with Crippen LogP contribution >= 0.6 is 11.6 Å². The molecule has 0 spiro atoms. The van der Waals surface area contributed by atoms with Crippen LogP contribution in [0.25, 0.3) is 0 Å². The Labute approximate surface area is 116 Å². The van der Waals surface area contributed by atoms with Gasteiger partial charge in [-0.3, -0.25) is 19.3 Å². The van der Waals surface area contributed by atoms with Crippen molar-refractivity contribution in [2.75, 3.05) is 6.54 Å². The molecule has 0 aliphatic carbocycles. The van der Waals surface area contributed by atoms with Crippen LogP contribution in [0.5, 0.6) is 0 Å². The maximum atomic E-state index is 12.1. The molecule has 0 saturated heterocycles. The van der Waals surface area contributed by atoms with Crippen LogP contribution in [0.1, 0.15) is 40.5 Å². The fraction of sp³-hybridized carbons (Fsp3) is 0.357. The van der Waals surface area contributed by atoms with Crippen LogP contribution in [0.3, 0.4) is 0 Å². The lowest BCUT2D eigenvalue weighted by molar-refractivity contribution is -0.112. The zero-order valence-corrected chi connectivity index (χ0v) is 11.3. The predicted molar refractivity (Wildman–Crippen MR) is 71.1 cm³/mol. The fourth-order valence-electron chi connectivity index (χ4n) is 2.17. The lowest BCUT2D eigenvalue weighted by Gasteiger charge is -2.16. The summed E-state index contributed by atoms with van der Waals surface area (Å²) in [5.74, 6) is -0.468. The lowest BCUT2D eigenvalue weighted by Crippen LogP contribution is -2.31. The highest BCUT2D eigenvalue weighted by Crippen LogP contribution is 2.23. The van der Waals surface area contributed by atoms with Gasteiger partial charge in [0.25, 0.3) is 11.8 Å². The number of halogens is 1. The van der Waals surface area contributed by atoms with Crippen LogP contribution in [-0.2, 0) is 4.79 Å². The van der Waals surface area contributed by atoms with Crippen molar-refractivity contribution < 1.29 is 14.4 Å². The highest BCUT2D eigenvalue weighted by molar-refractivity contribution is 6.63. The molecule has 1 aromatic rings. The Balaban J connectivity index is 2.02. The molecule has 1 aliphatic heterocycles. The van der Waals surface area contributed by atoms with E-state index < -0.39 is 5.24 Å². The standard InChI is InChI=1S/C14H14ClNO3/c1-9(8-12(15)17)6-7-16-13(18)10-4-2-3-5-11(10)14(16)19/h2-5,9H,6-8H2,1H3/t9-/m0/s1. The number of carbonyl (C=O) groups excluding carboxylic acids is 3. The highest BCUT2D eigenvalue weighted by Gasteiger charge is 2.34. The van der Waals surface area contributed by atoms with Gasteiger partial charge in [-0.1, -0.05) is 19.1 Å². The first-order valence-corrected chi connectivity index (χ1v) is 6.52. The average Bonchev–Trinajstić information content (AvgIpc) is 2.60. The van der Waals surface area contributed by atoms with Crippen molar-refractivity contribution in [3.8, 4) is 0 Å². The Morgan fingerprint density at radius 3 is 2.21 bits per heavy atom. The van der Waals surface area contributed by atoms with Crippen molar-refractivity contribution in [2.24, 2.45) is 5.92 Å². The number of fused-ring (bicyclic) bond motifs is 1. The molecule has 1 atom stereocenters. The van der Waals surface area contributed by atoms with Gasteiger partial charge in [0.05, 0.1) is 11.1 Å². The van der Waals surface area contributed by atoms with E-state index in [2.05, 4.69) is 0 Å². The third-order valence-corrected chi connectivity index (χ3v) is 3.39. The molecule has 0 aromatic heterocycles. The smallest absolute Gasteiger partial charge is 0.261 e. The van der Waals surface area contributed by atoms with Gasteiger partial charge in [-0.2, -0.15) is 0 Å². The summed E-state index contributed by atoms with van der Waals surface area (Å²) in [5, 5.41) is -0.394. The highest BCUT2D eigenvalue weighted by atomic mass is 35.5. The summed E-state index contributed by atoms with van der Waals surface area (Å²) < 4.78 is 0. The fourth-order valence-corrected chi connectivity index (χ4v) is 2.43. The Bertz CT molecular complexity index is 506. The molecule has 2 rings (SSSR count). The number of hydrogen-bond donors (Lipinski definition) is 0. The van der Waals surface area contributed by atoms with Crippen molar-refractivity contribution in [2.45, 2.75) is 19.8 Å². The Morgan fingerprint density at radius 1 is 1.21 bits per heavy atom. The number of benzene rings is 1. The molecule has 1 aliphatic rings. The zero-order valence-electron chi connectivity index (χ0n) is 10.6. The van der Waals surface area contributed by atoms with Gasteiger partial charge in [0.2, 0.25) is 5.24 Å². The first-order chi connectivity index (χ1) is 9.00. The quantitative estimate of drug-likeness (QED) is 0.614. The van der Waals surface area contributed by atoms with Crippen LogP contribution in [0.2, 0.25) is 0 Å². The molecule has 5 heteroatoms. The largest absolute Gasteiger partial charge is 0.281 e. The number of nitrogens with zero attached hydrogens (tertiary/aromatic N) is 1. The van der Waals surface area contributed by atoms with Gasteiger partial charge in [0, 0.05) is 13.0 Å². The second kappa shape index (κ2) is 5.53. The molecule has 100 valence electrons. The summed E-state index contributed by atoms with van der Waals surface area (Å²) in [7, 11) is 0. The normalized spacial score (nSPS) is 15.6. The van der Waals surface area contributed by atoms with E-state index in [1.165, 1.54) is 4.90 Å². The number of carbonyl (C=O) groups is 3. The van der Waals surface area contributed by atoms with E-state index in [-0.39, 0.29) is 24.2 Å². The van der Waals surface area contributed by atoms with Crippen molar-refractivity contribution in [1.82, 2.24) is 4.90 Å². The van der Waals surface area contributed by atoms with Gasteiger partial charge in [-0.05, 0) is 36.1 Å². The molecule has 0 unspecified atom stereocenters. The van der Waals surface area contributed by atoms with E-state index in [0.717, 1.165) is 0 Å². The monoisotopic (exact) mass is 279 g/mol. The summed E-state index contributed by atoms with van der Waals surface area (Å²) in [4.78, 5) is 36.1. The van der Waals surface area contributed by atoms with Crippen molar-refractivity contribution in [3.05, 3.63) is 35.4 Å². The average molecular weight is 280 g/mol. The molecule has 4 nitrogen and oxygen atoms in total. The molecule has 1 heterocycles. The summed E-state index contributed by atoms with van der Waals surface area (Å²) in [5.41, 5.74) is 0.905. The van der Waals surface area contributed by atoms with Crippen LogP contribution in [0.4, 0.5) is 0 Å². The van der Waals surface area contributed by atoms with E-state index in [0.29, 0.717) is 24.1 Å². The van der Waals surface area contributed by atoms with Gasteiger partial charge in [0.1, 0.15) is 0 Å². The maximum Gasteiger partial charge on any atom is 0.261 e. The Hall–Kier alpha value is -1.68. The molecular formula is C14H14ClNO3. The summed E-state index contributed by atoms with van der Waals surface area (Å²) in [6.45, 7) is 2.19. The predicted octanol–water partition coefficient (Wildman–Crippen LogP) is 2.46. The number of rotatable bonds is 5. The summed E-state index contributed by atoms with van der Waals surface area (Å²) >= 11 is 5.31. The SMILES string of the molecule is C[C@@H](CCN1C(=O)c2ccccc2C1=O)CC(=O)Cl. The minimum Gasteiger partial charge on any atom is -0.281 e. The molecule has 1 aromatic carbocycles. The molecule has 2 amide bonds. The summed E-state index contributed by atoms with van der Waals surface area (Å²) in [6.07, 6.45) is 0.828. The van der Waals surface area contributed by atoms with Crippen molar-refractivity contribution in [3.63, 3.8) is 0 Å². The lowest BCUT2D eigenvalue weighted by atomic mass is 10.0. The van der Waals surface area contributed by atoms with E-state index in [9.17, 15) is 14.4 Å². The van der Waals surface area contributed by atoms with Gasteiger partial charge in [-0.15, -0.1) is 0 Å². The minimum atomic E-state index is -0.394. The topological polar surface area (TPSA) is 54.5 Å². The first-order valence-electron chi connectivity index (χ1n) is 6.14.